The number of benzene rings is 2. The summed E-state index contributed by atoms with van der Waals surface area (Å²) in [7, 11) is 0. The Morgan fingerprint density at radius 1 is 0.900 bits per heavy atom. The summed E-state index contributed by atoms with van der Waals surface area (Å²) in [6.45, 7) is 0.392. The summed E-state index contributed by atoms with van der Waals surface area (Å²) in [5.41, 5.74) is 3.51. The lowest BCUT2D eigenvalue weighted by Crippen LogP contribution is -1.98. The molecule has 146 valence electrons. The van der Waals surface area contributed by atoms with Crippen molar-refractivity contribution >= 4 is 22.6 Å². The lowest BCUT2D eigenvalue weighted by Gasteiger charge is -2.08. The van der Waals surface area contributed by atoms with Crippen LogP contribution in [0.25, 0.3) is 22.6 Å². The highest BCUT2D eigenvalue weighted by molar-refractivity contribution is 5.87. The second kappa shape index (κ2) is 8.05. The van der Waals surface area contributed by atoms with E-state index >= 15 is 0 Å². The summed E-state index contributed by atoms with van der Waals surface area (Å²) in [6.07, 6.45) is 4.79. The maximum absolute atomic E-state index is 5.92. The fourth-order valence-corrected chi connectivity index (χ4v) is 3.15. The minimum absolute atomic E-state index is 0.392. The van der Waals surface area contributed by atoms with Gasteiger partial charge in [-0.3, -0.25) is 0 Å². The second-order valence-electron chi connectivity index (χ2n) is 6.63. The Morgan fingerprint density at radius 2 is 1.80 bits per heavy atom. The van der Waals surface area contributed by atoms with Crippen LogP contribution in [0.3, 0.4) is 0 Å². The van der Waals surface area contributed by atoms with Gasteiger partial charge in [-0.2, -0.15) is 0 Å². The van der Waals surface area contributed by atoms with E-state index < -0.39 is 0 Å². The quantitative estimate of drug-likeness (QED) is 0.384. The highest BCUT2D eigenvalue weighted by Gasteiger charge is 2.12. The van der Waals surface area contributed by atoms with Crippen LogP contribution in [0.2, 0.25) is 0 Å². The van der Waals surface area contributed by atoms with Crippen molar-refractivity contribution in [2.75, 3.05) is 0 Å². The monoisotopic (exact) mass is 395 g/mol. The number of hydrogen-bond acceptors (Lipinski definition) is 6. The topological polar surface area (TPSA) is 74.2 Å². The summed E-state index contributed by atoms with van der Waals surface area (Å²) < 4.78 is 16.7. The van der Waals surface area contributed by atoms with E-state index in [0.717, 1.165) is 33.5 Å². The maximum Gasteiger partial charge on any atom is 0.248 e. The molecular weight excluding hydrogens is 378 g/mol. The molecule has 0 saturated carbocycles. The molecule has 0 spiro atoms. The van der Waals surface area contributed by atoms with Crippen LogP contribution in [0.15, 0.2) is 94.3 Å². The third-order valence-electron chi connectivity index (χ3n) is 4.63. The van der Waals surface area contributed by atoms with Crippen molar-refractivity contribution in [3.05, 3.63) is 108 Å². The van der Waals surface area contributed by atoms with E-state index in [0.29, 0.717) is 18.3 Å². The lowest BCUT2D eigenvalue weighted by molar-refractivity contribution is 0.302. The molecule has 0 fully saturated rings. The van der Waals surface area contributed by atoms with Crippen molar-refractivity contribution in [3.63, 3.8) is 0 Å². The highest BCUT2D eigenvalue weighted by atomic mass is 16.5. The number of hydrogen-bond donors (Lipinski definition) is 0. The summed E-state index contributed by atoms with van der Waals surface area (Å²) in [6, 6.07) is 23.5. The van der Waals surface area contributed by atoms with Crippen molar-refractivity contribution in [1.29, 1.82) is 0 Å². The van der Waals surface area contributed by atoms with Gasteiger partial charge in [0.25, 0.3) is 0 Å². The van der Waals surface area contributed by atoms with Gasteiger partial charge in [-0.15, -0.1) is 10.2 Å². The Kier molecular flexibility index (Phi) is 4.79. The van der Waals surface area contributed by atoms with E-state index in [1.165, 1.54) is 6.39 Å². The molecule has 3 heterocycles. The highest BCUT2D eigenvalue weighted by Crippen LogP contribution is 2.27. The van der Waals surface area contributed by atoms with E-state index in [9.17, 15) is 0 Å². The van der Waals surface area contributed by atoms with E-state index in [1.54, 1.807) is 6.26 Å². The van der Waals surface area contributed by atoms with Gasteiger partial charge in [0.15, 0.2) is 0 Å². The van der Waals surface area contributed by atoms with Crippen LogP contribution in [0.4, 0.5) is 0 Å². The third kappa shape index (κ3) is 3.84. The molecule has 0 unspecified atom stereocenters. The molecule has 0 aliphatic rings. The first kappa shape index (κ1) is 17.9. The number of rotatable bonds is 6. The molecule has 0 amide bonds. The maximum atomic E-state index is 5.92. The van der Waals surface area contributed by atoms with Crippen LogP contribution < -0.4 is 4.74 Å². The Hall–Kier alpha value is -4.19. The van der Waals surface area contributed by atoms with Crippen LogP contribution in [-0.2, 0) is 6.61 Å². The zero-order valence-electron chi connectivity index (χ0n) is 15.9. The predicted molar refractivity (Wildman–Crippen MR) is 112 cm³/mol. The molecule has 5 aromatic rings. The predicted octanol–water partition coefficient (Wildman–Crippen LogP) is 5.38. The average Bonchev–Trinajstić information content (AvgIpc) is 3.51. The zero-order chi connectivity index (χ0) is 20.2. The van der Waals surface area contributed by atoms with E-state index in [4.69, 9.17) is 13.6 Å². The molecule has 0 N–H and O–H groups in total. The number of pyridine rings is 1. The Bertz CT molecular complexity index is 1280. The molecule has 6 heteroatoms. The molecule has 0 atom stereocenters. The smallest absolute Gasteiger partial charge is 0.248 e. The van der Waals surface area contributed by atoms with Crippen LogP contribution >= 0.6 is 0 Å². The molecule has 3 aromatic heterocycles. The normalized spacial score (nSPS) is 11.7. The van der Waals surface area contributed by atoms with Gasteiger partial charge in [0, 0.05) is 11.0 Å². The van der Waals surface area contributed by atoms with Gasteiger partial charge in [-0.1, -0.05) is 36.4 Å². The Balaban J connectivity index is 1.35. The van der Waals surface area contributed by atoms with Crippen molar-refractivity contribution in [2.45, 2.75) is 6.61 Å². The van der Waals surface area contributed by atoms with Crippen molar-refractivity contribution in [3.8, 4) is 5.75 Å². The standard InChI is InChI=1S/C24H17N3O3/c1-2-6-23-18(4-1)7-10-19(26-23)15-29-20-11-8-17(9-12-20)22(24-27-25-16-30-24)14-21-5-3-13-28-21/h1-14,16H,15H2/b22-14-. The minimum atomic E-state index is 0.392. The van der Waals surface area contributed by atoms with Gasteiger partial charge in [0.05, 0.1) is 17.5 Å². The van der Waals surface area contributed by atoms with Crippen LogP contribution in [-0.4, -0.2) is 15.2 Å². The van der Waals surface area contributed by atoms with Gasteiger partial charge in [0.2, 0.25) is 12.3 Å². The largest absolute Gasteiger partial charge is 0.487 e. The van der Waals surface area contributed by atoms with Crippen molar-refractivity contribution < 1.29 is 13.6 Å². The molecule has 0 radical (unpaired) electrons. The summed E-state index contributed by atoms with van der Waals surface area (Å²) >= 11 is 0. The number of nitrogens with zero attached hydrogens (tertiary/aromatic N) is 3. The van der Waals surface area contributed by atoms with E-state index in [-0.39, 0.29) is 0 Å². The molecule has 30 heavy (non-hydrogen) atoms. The first-order valence-corrected chi connectivity index (χ1v) is 9.45. The molecule has 2 aromatic carbocycles. The first-order valence-electron chi connectivity index (χ1n) is 9.45. The molecular formula is C24H17N3O3. The van der Waals surface area contributed by atoms with Gasteiger partial charge < -0.3 is 13.6 Å². The summed E-state index contributed by atoms with van der Waals surface area (Å²) in [5.74, 6) is 1.86. The fraction of sp³-hybridized carbons (Fsp3) is 0.0417. The molecule has 0 aliphatic heterocycles. The fourth-order valence-electron chi connectivity index (χ4n) is 3.15. The molecule has 0 aliphatic carbocycles. The first-order chi connectivity index (χ1) is 14.8. The second-order valence-corrected chi connectivity index (χ2v) is 6.63. The number of furan rings is 1. The Morgan fingerprint density at radius 3 is 2.60 bits per heavy atom. The third-order valence-corrected chi connectivity index (χ3v) is 4.63. The van der Waals surface area contributed by atoms with E-state index in [1.807, 2.05) is 72.8 Å². The Labute approximate surface area is 172 Å². The van der Waals surface area contributed by atoms with Crippen molar-refractivity contribution in [2.24, 2.45) is 0 Å². The van der Waals surface area contributed by atoms with Crippen LogP contribution in [0.1, 0.15) is 22.9 Å². The number of ether oxygens (including phenoxy) is 1. The molecule has 0 saturated heterocycles. The van der Waals surface area contributed by atoms with Gasteiger partial charge in [0.1, 0.15) is 18.1 Å². The zero-order valence-corrected chi connectivity index (χ0v) is 15.9. The SMILES string of the molecule is C(=C(\c1ccc(OCc2ccc3ccccc3n2)cc1)c1nnco1)/c1ccco1. The van der Waals surface area contributed by atoms with E-state index in [2.05, 4.69) is 21.2 Å². The average molecular weight is 395 g/mol. The van der Waals surface area contributed by atoms with Crippen molar-refractivity contribution in [1.82, 2.24) is 15.2 Å². The summed E-state index contributed by atoms with van der Waals surface area (Å²) in [4.78, 5) is 4.64. The van der Waals surface area contributed by atoms with Gasteiger partial charge >= 0.3 is 0 Å². The molecule has 0 bridgehead atoms. The number of fused-ring (bicyclic) bond motifs is 1. The number of para-hydroxylation sites is 1. The van der Waals surface area contributed by atoms with Gasteiger partial charge in [-0.25, -0.2) is 4.98 Å². The molecule has 6 nitrogen and oxygen atoms in total. The minimum Gasteiger partial charge on any atom is -0.487 e. The summed E-state index contributed by atoms with van der Waals surface area (Å²) in [5, 5.41) is 8.92. The van der Waals surface area contributed by atoms with Gasteiger partial charge in [-0.05, 0) is 48.0 Å². The van der Waals surface area contributed by atoms with Crippen LogP contribution in [0, 0.1) is 0 Å². The molecule has 5 rings (SSSR count). The van der Waals surface area contributed by atoms with Crippen LogP contribution in [0.5, 0.6) is 5.75 Å². The lowest BCUT2D eigenvalue weighted by atomic mass is 10.0. The number of aromatic nitrogens is 3.